The predicted molar refractivity (Wildman–Crippen MR) is 124 cm³/mol. The number of carbonyl (C=O) groups is 2. The molecule has 11 heteroatoms. The molecular formula is C23H27N3O7S. The van der Waals surface area contributed by atoms with Crippen LogP contribution in [0.2, 0.25) is 0 Å². The van der Waals surface area contributed by atoms with Gasteiger partial charge in [0.25, 0.3) is 5.91 Å². The number of sulfonamides is 1. The Bertz CT molecular complexity index is 1110. The normalized spacial score (nSPS) is 11.7. The Morgan fingerprint density at radius 2 is 1.71 bits per heavy atom. The Kier molecular flexibility index (Phi) is 9.85. The number of esters is 1. The van der Waals surface area contributed by atoms with E-state index in [1.807, 2.05) is 13.0 Å². The predicted octanol–water partition coefficient (Wildman–Crippen LogP) is 2.25. The minimum Gasteiger partial charge on any atom is -0.497 e. The van der Waals surface area contributed by atoms with Gasteiger partial charge in [-0.05, 0) is 62.4 Å². The lowest BCUT2D eigenvalue weighted by Crippen LogP contribution is -2.41. The van der Waals surface area contributed by atoms with Crippen molar-refractivity contribution in [2.75, 3.05) is 31.8 Å². The number of benzene rings is 2. The van der Waals surface area contributed by atoms with Crippen molar-refractivity contribution in [2.24, 2.45) is 0 Å². The number of ether oxygens (including phenoxy) is 3. The van der Waals surface area contributed by atoms with Crippen LogP contribution in [-0.4, -0.2) is 53.2 Å². The number of hydrogen-bond acceptors (Lipinski definition) is 8. The molecule has 10 nitrogen and oxygen atoms in total. The van der Waals surface area contributed by atoms with Crippen LogP contribution in [0, 0.1) is 11.3 Å². The molecule has 2 rings (SSSR count). The van der Waals surface area contributed by atoms with Crippen molar-refractivity contribution >= 4 is 27.6 Å². The van der Waals surface area contributed by atoms with Crippen molar-refractivity contribution in [2.45, 2.75) is 31.2 Å². The third-order valence-corrected chi connectivity index (χ3v) is 6.16. The average Bonchev–Trinajstić information content (AvgIpc) is 2.83. The van der Waals surface area contributed by atoms with Crippen LogP contribution in [0.5, 0.6) is 11.5 Å². The summed E-state index contributed by atoms with van der Waals surface area (Å²) in [6.45, 7) is 3.14. The Morgan fingerprint density at radius 3 is 2.26 bits per heavy atom. The molecule has 1 atom stereocenters. The molecular weight excluding hydrogens is 462 g/mol. The Hall–Kier alpha value is -3.62. The number of amides is 1. The fourth-order valence-corrected chi connectivity index (χ4v) is 4.08. The van der Waals surface area contributed by atoms with Gasteiger partial charge in [-0.1, -0.05) is 0 Å². The lowest BCUT2D eigenvalue weighted by Gasteiger charge is -2.22. The number of carbonyl (C=O) groups excluding carboxylic acids is 2. The van der Waals surface area contributed by atoms with Gasteiger partial charge in [0.05, 0.1) is 31.1 Å². The second kappa shape index (κ2) is 12.6. The fraction of sp³-hybridized carbons (Fsp3) is 0.348. The third kappa shape index (κ3) is 7.47. The van der Waals surface area contributed by atoms with E-state index < -0.39 is 34.5 Å². The lowest BCUT2D eigenvalue weighted by molar-refractivity contribution is -0.149. The highest BCUT2D eigenvalue weighted by atomic mass is 32.2. The zero-order chi connectivity index (χ0) is 25.1. The number of anilines is 1. The maximum absolute atomic E-state index is 12.7. The molecule has 34 heavy (non-hydrogen) atoms. The van der Waals surface area contributed by atoms with E-state index in [0.29, 0.717) is 23.8 Å². The molecule has 0 heterocycles. The van der Waals surface area contributed by atoms with E-state index in [1.54, 1.807) is 24.3 Å². The van der Waals surface area contributed by atoms with Gasteiger partial charge >= 0.3 is 5.97 Å². The van der Waals surface area contributed by atoms with Gasteiger partial charge in [0.2, 0.25) is 10.0 Å². The summed E-state index contributed by atoms with van der Waals surface area (Å²) >= 11 is 0. The summed E-state index contributed by atoms with van der Waals surface area (Å²) in [4.78, 5) is 26.3. The first-order valence-electron chi connectivity index (χ1n) is 10.4. The van der Waals surface area contributed by atoms with Gasteiger partial charge in [-0.15, -0.1) is 0 Å². The summed E-state index contributed by atoms with van der Waals surface area (Å²) in [5.74, 6) is -0.364. The van der Waals surface area contributed by atoms with Crippen LogP contribution in [0.4, 0.5) is 5.69 Å². The van der Waals surface area contributed by atoms with E-state index in [9.17, 15) is 18.0 Å². The molecule has 0 aliphatic heterocycles. The Balaban J connectivity index is 2.00. The third-order valence-electron chi connectivity index (χ3n) is 4.60. The summed E-state index contributed by atoms with van der Waals surface area (Å²) in [7, 11) is -2.54. The second-order valence-corrected chi connectivity index (χ2v) is 8.72. The zero-order valence-electron chi connectivity index (χ0n) is 19.2. The number of nitriles is 1. The van der Waals surface area contributed by atoms with Crippen LogP contribution >= 0.6 is 0 Å². The van der Waals surface area contributed by atoms with Crippen LogP contribution in [0.3, 0.4) is 0 Å². The van der Waals surface area contributed by atoms with Gasteiger partial charge in [-0.25, -0.2) is 8.42 Å². The Labute approximate surface area is 199 Å². The van der Waals surface area contributed by atoms with Crippen molar-refractivity contribution in [3.05, 3.63) is 48.5 Å². The smallest absolute Gasteiger partial charge is 0.324 e. The molecule has 0 aliphatic rings. The monoisotopic (exact) mass is 489 g/mol. The first-order valence-corrected chi connectivity index (χ1v) is 11.9. The van der Waals surface area contributed by atoms with Crippen LogP contribution in [0.25, 0.3) is 0 Å². The average molecular weight is 490 g/mol. The van der Waals surface area contributed by atoms with Crippen molar-refractivity contribution in [1.82, 2.24) is 4.72 Å². The summed E-state index contributed by atoms with van der Waals surface area (Å²) in [6.07, 6.45) is 0.0744. The zero-order valence-corrected chi connectivity index (χ0v) is 20.0. The topological polar surface area (TPSA) is 135 Å². The number of rotatable bonds is 12. The van der Waals surface area contributed by atoms with E-state index in [-0.39, 0.29) is 17.9 Å². The summed E-state index contributed by atoms with van der Waals surface area (Å²) in [5.41, 5.74) is 0.507. The van der Waals surface area contributed by atoms with Gasteiger partial charge < -0.3 is 19.1 Å². The molecule has 0 saturated carbocycles. The van der Waals surface area contributed by atoms with Crippen molar-refractivity contribution in [3.8, 4) is 17.6 Å². The van der Waals surface area contributed by atoms with Crippen LogP contribution in [0.15, 0.2) is 53.4 Å². The minimum atomic E-state index is -4.00. The largest absolute Gasteiger partial charge is 0.497 e. The standard InChI is InChI=1S/C23H27N3O7S/c1-4-32-20-8-6-18(7-9-20)26(15-5-14-24)22(27)16-33-23(28)17(2)25-34(29,30)21-12-10-19(31-3)11-13-21/h6-13,17,25H,4-5,15-16H2,1-3H3/t17-/m0/s1. The number of nitrogens with zero attached hydrogens (tertiary/aromatic N) is 2. The van der Waals surface area contributed by atoms with E-state index in [1.165, 1.54) is 43.2 Å². The molecule has 1 N–H and O–H groups in total. The van der Waals surface area contributed by atoms with E-state index in [4.69, 9.17) is 19.5 Å². The molecule has 0 unspecified atom stereocenters. The molecule has 1 amide bonds. The van der Waals surface area contributed by atoms with E-state index >= 15 is 0 Å². The highest BCUT2D eigenvalue weighted by Crippen LogP contribution is 2.20. The van der Waals surface area contributed by atoms with Crippen molar-refractivity contribution in [3.63, 3.8) is 0 Å². The molecule has 0 spiro atoms. The molecule has 182 valence electrons. The van der Waals surface area contributed by atoms with Crippen LogP contribution in [-0.2, 0) is 24.3 Å². The van der Waals surface area contributed by atoms with Crippen molar-refractivity contribution < 1.29 is 32.2 Å². The van der Waals surface area contributed by atoms with Crippen LogP contribution < -0.4 is 19.1 Å². The highest BCUT2D eigenvalue weighted by molar-refractivity contribution is 7.89. The molecule has 2 aromatic rings. The van der Waals surface area contributed by atoms with Gasteiger partial charge in [-0.2, -0.15) is 9.98 Å². The number of hydrogen-bond donors (Lipinski definition) is 1. The molecule has 0 saturated heterocycles. The summed E-state index contributed by atoms with van der Waals surface area (Å²) in [5, 5.41) is 8.91. The quantitative estimate of drug-likeness (QED) is 0.449. The van der Waals surface area contributed by atoms with E-state index in [0.717, 1.165) is 0 Å². The molecule has 0 radical (unpaired) electrons. The molecule has 0 fully saturated rings. The molecule has 2 aromatic carbocycles. The first kappa shape index (κ1) is 26.6. The highest BCUT2D eigenvalue weighted by Gasteiger charge is 2.25. The van der Waals surface area contributed by atoms with Gasteiger partial charge in [-0.3, -0.25) is 9.59 Å². The Morgan fingerprint density at radius 1 is 1.09 bits per heavy atom. The lowest BCUT2D eigenvalue weighted by atomic mass is 10.2. The van der Waals surface area contributed by atoms with Gasteiger partial charge in [0, 0.05) is 12.2 Å². The van der Waals surface area contributed by atoms with Crippen molar-refractivity contribution in [1.29, 1.82) is 5.26 Å². The SMILES string of the molecule is CCOc1ccc(N(CCC#N)C(=O)COC(=O)[C@H](C)NS(=O)(=O)c2ccc(OC)cc2)cc1. The first-order chi connectivity index (χ1) is 16.2. The van der Waals surface area contributed by atoms with E-state index in [2.05, 4.69) is 4.72 Å². The maximum atomic E-state index is 12.7. The maximum Gasteiger partial charge on any atom is 0.324 e. The summed E-state index contributed by atoms with van der Waals surface area (Å²) in [6, 6.07) is 13.1. The molecule has 0 aliphatic carbocycles. The molecule has 0 aromatic heterocycles. The minimum absolute atomic E-state index is 0.0535. The van der Waals surface area contributed by atoms with Crippen LogP contribution in [0.1, 0.15) is 20.3 Å². The van der Waals surface area contributed by atoms with Gasteiger partial charge in [0.1, 0.15) is 17.5 Å². The number of nitrogens with one attached hydrogen (secondary N) is 1. The fourth-order valence-electron chi connectivity index (χ4n) is 2.89. The number of methoxy groups -OCH3 is 1. The van der Waals surface area contributed by atoms with Gasteiger partial charge in [0.15, 0.2) is 6.61 Å². The summed E-state index contributed by atoms with van der Waals surface area (Å²) < 4.78 is 42.6. The molecule has 0 bridgehead atoms. The second-order valence-electron chi connectivity index (χ2n) is 7.01.